The average molecular weight is 261 g/mol. The van der Waals surface area contributed by atoms with Crippen LogP contribution >= 0.6 is 15.9 Å². The van der Waals surface area contributed by atoms with Crippen LogP contribution in [0.5, 0.6) is 0 Å². The van der Waals surface area contributed by atoms with Gasteiger partial charge in [-0.1, -0.05) is 0 Å². The Morgan fingerprint density at radius 1 is 1.64 bits per heavy atom. The fraction of sp³-hybridized carbons (Fsp3) is 0.125. The third kappa shape index (κ3) is 1.77. The van der Waals surface area contributed by atoms with Crippen LogP contribution in [0.15, 0.2) is 10.7 Å². The Kier molecular flexibility index (Phi) is 3.25. The van der Waals surface area contributed by atoms with Crippen molar-refractivity contribution in [1.29, 1.82) is 5.26 Å². The van der Waals surface area contributed by atoms with Crippen LogP contribution < -0.4 is 0 Å². The summed E-state index contributed by atoms with van der Waals surface area (Å²) in [7, 11) is 0. The molecule has 1 rings (SSSR count). The Balaban J connectivity index is 3.48. The first-order chi connectivity index (χ1) is 6.61. The predicted octanol–water partition coefficient (Wildman–Crippen LogP) is 2.47. The lowest BCUT2D eigenvalue weighted by Gasteiger charge is -2.06. The van der Waals surface area contributed by atoms with Gasteiger partial charge in [0.25, 0.3) is 6.43 Å². The lowest BCUT2D eigenvalue weighted by molar-refractivity contribution is 0.110. The third-order valence-electron chi connectivity index (χ3n) is 1.53. The summed E-state index contributed by atoms with van der Waals surface area (Å²) in [6, 6.07) is 1.68. The first-order valence-corrected chi connectivity index (χ1v) is 4.23. The largest absolute Gasteiger partial charge is 0.296 e. The quantitative estimate of drug-likeness (QED) is 0.768. The summed E-state index contributed by atoms with van der Waals surface area (Å²) in [6.45, 7) is 0. The molecule has 0 saturated heterocycles. The molecule has 0 aromatic carbocycles. The molecule has 0 aliphatic carbocycles. The number of hydrogen-bond acceptors (Lipinski definition) is 3. The molecule has 0 fully saturated rings. The van der Waals surface area contributed by atoms with E-state index in [0.29, 0.717) is 0 Å². The van der Waals surface area contributed by atoms with Crippen molar-refractivity contribution in [3.05, 3.63) is 27.5 Å². The number of nitrogens with zero attached hydrogens (tertiary/aromatic N) is 2. The number of nitriles is 1. The maximum atomic E-state index is 12.5. The first kappa shape index (κ1) is 10.7. The lowest BCUT2D eigenvalue weighted by Crippen LogP contribution is -2.00. The van der Waals surface area contributed by atoms with Crippen molar-refractivity contribution in [1.82, 2.24) is 4.98 Å². The second-order valence-electron chi connectivity index (χ2n) is 2.32. The van der Waals surface area contributed by atoms with Crippen molar-refractivity contribution < 1.29 is 13.6 Å². The maximum Gasteiger partial charge on any atom is 0.267 e. The average Bonchev–Trinajstić information content (AvgIpc) is 2.16. The van der Waals surface area contributed by atoms with Crippen molar-refractivity contribution in [3.63, 3.8) is 0 Å². The second kappa shape index (κ2) is 4.24. The van der Waals surface area contributed by atoms with E-state index in [9.17, 15) is 13.6 Å². The summed E-state index contributed by atoms with van der Waals surface area (Å²) in [4.78, 5) is 13.8. The second-order valence-corrected chi connectivity index (χ2v) is 3.11. The van der Waals surface area contributed by atoms with Crippen LogP contribution in [0.1, 0.15) is 28.0 Å². The highest BCUT2D eigenvalue weighted by Gasteiger charge is 2.20. The predicted molar refractivity (Wildman–Crippen MR) is 47.0 cm³/mol. The number of pyridine rings is 1. The summed E-state index contributed by atoms with van der Waals surface area (Å²) >= 11 is 2.83. The Bertz CT molecular complexity index is 415. The summed E-state index contributed by atoms with van der Waals surface area (Å²) in [5, 5.41) is 8.54. The van der Waals surface area contributed by atoms with E-state index < -0.39 is 12.0 Å². The van der Waals surface area contributed by atoms with Gasteiger partial charge >= 0.3 is 0 Å². The number of alkyl halides is 2. The Labute approximate surface area is 86.5 Å². The molecule has 0 amide bonds. The molecule has 0 aliphatic heterocycles. The molecule has 0 unspecified atom stereocenters. The van der Waals surface area contributed by atoms with Crippen LogP contribution in [0.2, 0.25) is 0 Å². The van der Waals surface area contributed by atoms with Gasteiger partial charge < -0.3 is 0 Å². The molecule has 0 N–H and O–H groups in total. The van der Waals surface area contributed by atoms with Gasteiger partial charge in [0.1, 0.15) is 11.8 Å². The van der Waals surface area contributed by atoms with E-state index in [4.69, 9.17) is 5.26 Å². The van der Waals surface area contributed by atoms with Gasteiger partial charge in [-0.25, -0.2) is 8.78 Å². The van der Waals surface area contributed by atoms with Gasteiger partial charge in [-0.05, 0) is 15.9 Å². The van der Waals surface area contributed by atoms with Crippen molar-refractivity contribution in [2.45, 2.75) is 6.43 Å². The SMILES string of the molecule is N#Cc1cnc(C=O)c(C(F)F)c1Br. The van der Waals surface area contributed by atoms with Crippen molar-refractivity contribution in [2.24, 2.45) is 0 Å². The van der Waals surface area contributed by atoms with Gasteiger partial charge in [0, 0.05) is 10.7 Å². The first-order valence-electron chi connectivity index (χ1n) is 3.43. The molecule has 0 spiro atoms. The van der Waals surface area contributed by atoms with E-state index in [-0.39, 0.29) is 22.0 Å². The van der Waals surface area contributed by atoms with E-state index in [0.717, 1.165) is 6.20 Å². The lowest BCUT2D eigenvalue weighted by atomic mass is 10.1. The zero-order valence-electron chi connectivity index (χ0n) is 6.67. The summed E-state index contributed by atoms with van der Waals surface area (Å²) in [6.07, 6.45) is -1.54. The number of hydrogen-bond donors (Lipinski definition) is 0. The molecule has 3 nitrogen and oxygen atoms in total. The molecule has 1 heterocycles. The molecule has 6 heteroatoms. The van der Waals surface area contributed by atoms with Crippen LogP contribution in [-0.2, 0) is 0 Å². The molecule has 0 saturated carbocycles. The minimum Gasteiger partial charge on any atom is -0.296 e. The minimum atomic E-state index is -2.84. The summed E-state index contributed by atoms with van der Waals surface area (Å²) in [5.41, 5.74) is -0.921. The zero-order chi connectivity index (χ0) is 10.7. The standard InChI is InChI=1S/C8H3BrF2N2O/c9-7-4(1-12)2-13-5(3-14)6(7)8(10)11/h2-3,8H. The summed E-state index contributed by atoms with van der Waals surface area (Å²) < 4.78 is 24.8. The van der Waals surface area contributed by atoms with E-state index in [1.165, 1.54) is 0 Å². The Morgan fingerprint density at radius 3 is 2.71 bits per heavy atom. The van der Waals surface area contributed by atoms with Crippen molar-refractivity contribution in [2.75, 3.05) is 0 Å². The molecular formula is C8H3BrF2N2O. The molecule has 1 aromatic rings. The van der Waals surface area contributed by atoms with Crippen molar-refractivity contribution >= 4 is 22.2 Å². The number of aromatic nitrogens is 1. The van der Waals surface area contributed by atoms with Crippen LogP contribution in [0.25, 0.3) is 0 Å². The fourth-order valence-electron chi connectivity index (χ4n) is 0.897. The molecular weight excluding hydrogens is 258 g/mol. The molecule has 0 atom stereocenters. The zero-order valence-corrected chi connectivity index (χ0v) is 8.25. The van der Waals surface area contributed by atoms with Crippen LogP contribution in [0, 0.1) is 11.3 Å². The normalized spacial score (nSPS) is 9.93. The highest BCUT2D eigenvalue weighted by molar-refractivity contribution is 9.10. The summed E-state index contributed by atoms with van der Waals surface area (Å²) in [5.74, 6) is 0. The number of halogens is 3. The maximum absolute atomic E-state index is 12.5. The Hall–Kier alpha value is -1.35. The van der Waals surface area contributed by atoms with E-state index in [1.54, 1.807) is 6.07 Å². The number of carbonyl (C=O) groups excluding carboxylic acids is 1. The topological polar surface area (TPSA) is 53.8 Å². The van der Waals surface area contributed by atoms with Crippen molar-refractivity contribution in [3.8, 4) is 6.07 Å². The van der Waals surface area contributed by atoms with E-state index in [1.807, 2.05) is 0 Å². The highest BCUT2D eigenvalue weighted by Crippen LogP contribution is 2.31. The molecule has 0 bridgehead atoms. The van der Waals surface area contributed by atoms with E-state index in [2.05, 4.69) is 20.9 Å². The van der Waals surface area contributed by atoms with Gasteiger partial charge in [0.15, 0.2) is 6.29 Å². The van der Waals surface area contributed by atoms with Gasteiger partial charge in [-0.2, -0.15) is 5.26 Å². The highest BCUT2D eigenvalue weighted by atomic mass is 79.9. The molecule has 72 valence electrons. The van der Waals surface area contributed by atoms with Crippen LogP contribution in [-0.4, -0.2) is 11.3 Å². The fourth-order valence-corrected chi connectivity index (χ4v) is 1.46. The van der Waals surface area contributed by atoms with Gasteiger partial charge in [-0.15, -0.1) is 0 Å². The molecule has 0 aliphatic rings. The molecule has 1 aromatic heterocycles. The number of aldehydes is 1. The smallest absolute Gasteiger partial charge is 0.267 e. The third-order valence-corrected chi connectivity index (χ3v) is 2.39. The van der Waals surface area contributed by atoms with Gasteiger partial charge in [-0.3, -0.25) is 9.78 Å². The van der Waals surface area contributed by atoms with Crippen LogP contribution in [0.4, 0.5) is 8.78 Å². The molecule has 0 radical (unpaired) electrons. The van der Waals surface area contributed by atoms with E-state index >= 15 is 0 Å². The molecule has 14 heavy (non-hydrogen) atoms. The minimum absolute atomic E-state index is 0.0223. The number of rotatable bonds is 2. The van der Waals surface area contributed by atoms with Gasteiger partial charge in [0.05, 0.1) is 11.1 Å². The van der Waals surface area contributed by atoms with Gasteiger partial charge in [0.2, 0.25) is 0 Å². The number of carbonyl (C=O) groups is 1. The monoisotopic (exact) mass is 260 g/mol. The van der Waals surface area contributed by atoms with Crippen LogP contribution in [0.3, 0.4) is 0 Å². The Morgan fingerprint density at radius 2 is 2.29 bits per heavy atom.